The van der Waals surface area contributed by atoms with Crippen molar-refractivity contribution in [2.75, 3.05) is 11.8 Å². The second-order valence-electron chi connectivity index (χ2n) is 4.01. The number of methoxy groups -OCH3 is 1. The summed E-state index contributed by atoms with van der Waals surface area (Å²) >= 11 is 1.11. The minimum Gasteiger partial charge on any atom is -0.465 e. The number of rotatable bonds is 4. The van der Waals surface area contributed by atoms with Crippen LogP contribution in [-0.2, 0) is 21.8 Å². The molecular formula is C11H13N3O4S2. The maximum Gasteiger partial charge on any atom is 0.350 e. The lowest BCUT2D eigenvalue weighted by Gasteiger charge is -2.07. The van der Waals surface area contributed by atoms with Gasteiger partial charge in [-0.1, -0.05) is 0 Å². The molecule has 2 heterocycles. The fourth-order valence-corrected chi connectivity index (χ4v) is 3.80. The molecule has 0 radical (unpaired) electrons. The van der Waals surface area contributed by atoms with Crippen molar-refractivity contribution in [1.82, 2.24) is 9.78 Å². The van der Waals surface area contributed by atoms with E-state index in [0.717, 1.165) is 11.3 Å². The lowest BCUT2D eigenvalue weighted by atomic mass is 10.4. The second kappa shape index (κ2) is 5.25. The number of thiophene rings is 1. The molecule has 0 aromatic carbocycles. The Morgan fingerprint density at radius 1 is 1.50 bits per heavy atom. The molecule has 0 fully saturated rings. The first-order valence-corrected chi connectivity index (χ1v) is 7.90. The van der Waals surface area contributed by atoms with E-state index in [9.17, 15) is 13.2 Å². The molecular weight excluding hydrogens is 302 g/mol. The highest BCUT2D eigenvalue weighted by atomic mass is 32.2. The van der Waals surface area contributed by atoms with Gasteiger partial charge in [0.1, 0.15) is 9.77 Å². The van der Waals surface area contributed by atoms with Crippen molar-refractivity contribution in [1.29, 1.82) is 0 Å². The number of hydrogen-bond acceptors (Lipinski definition) is 6. The molecule has 0 amide bonds. The van der Waals surface area contributed by atoms with Gasteiger partial charge in [-0.05, 0) is 18.4 Å². The van der Waals surface area contributed by atoms with Crippen molar-refractivity contribution in [3.05, 3.63) is 28.2 Å². The third kappa shape index (κ3) is 2.68. The number of hydrogen-bond donors (Lipinski definition) is 1. The number of nitrogens with one attached hydrogen (secondary N) is 1. The summed E-state index contributed by atoms with van der Waals surface area (Å²) in [5.74, 6) is -0.583. The molecule has 108 valence electrons. The first-order chi connectivity index (χ1) is 9.35. The molecule has 2 aromatic rings. The summed E-state index contributed by atoms with van der Waals surface area (Å²) in [7, 11) is -0.915. The quantitative estimate of drug-likeness (QED) is 0.861. The maximum absolute atomic E-state index is 12.3. The van der Waals surface area contributed by atoms with E-state index in [0.29, 0.717) is 5.69 Å². The molecule has 9 heteroatoms. The van der Waals surface area contributed by atoms with Gasteiger partial charge >= 0.3 is 5.97 Å². The van der Waals surface area contributed by atoms with Crippen LogP contribution in [0.5, 0.6) is 0 Å². The van der Waals surface area contributed by atoms with Gasteiger partial charge in [0.2, 0.25) is 0 Å². The van der Waals surface area contributed by atoms with E-state index in [1.807, 2.05) is 0 Å². The zero-order valence-electron chi connectivity index (χ0n) is 11.1. The van der Waals surface area contributed by atoms with Crippen molar-refractivity contribution >= 4 is 33.0 Å². The minimum atomic E-state index is -3.79. The summed E-state index contributed by atoms with van der Waals surface area (Å²) in [5.41, 5.74) is 0.583. The lowest BCUT2D eigenvalue weighted by Crippen LogP contribution is -2.15. The third-order valence-corrected chi connectivity index (χ3v) is 4.90. The average molecular weight is 315 g/mol. The fourth-order valence-electron chi connectivity index (χ4n) is 1.68. The van der Waals surface area contributed by atoms with Crippen LogP contribution in [0.25, 0.3) is 0 Å². The van der Waals surface area contributed by atoms with E-state index in [-0.39, 0.29) is 15.5 Å². The van der Waals surface area contributed by atoms with Gasteiger partial charge in [-0.3, -0.25) is 9.40 Å². The van der Waals surface area contributed by atoms with Gasteiger partial charge in [-0.25, -0.2) is 13.2 Å². The molecule has 0 atom stereocenters. The molecule has 7 nitrogen and oxygen atoms in total. The molecule has 1 N–H and O–H groups in total. The number of carbonyl (C=O) groups excluding carboxylic acids is 1. The number of ether oxygens (including phenoxy) is 1. The topological polar surface area (TPSA) is 90.3 Å². The van der Waals surface area contributed by atoms with Gasteiger partial charge in [0, 0.05) is 13.2 Å². The molecule has 0 aliphatic carbocycles. The zero-order chi connectivity index (χ0) is 14.9. The van der Waals surface area contributed by atoms with Gasteiger partial charge < -0.3 is 4.74 Å². The van der Waals surface area contributed by atoms with E-state index in [1.54, 1.807) is 19.4 Å². The van der Waals surface area contributed by atoms with Crippen LogP contribution in [0, 0.1) is 6.92 Å². The number of aromatic nitrogens is 2. The first-order valence-electron chi connectivity index (χ1n) is 5.54. The molecule has 2 aromatic heterocycles. The Balaban J connectivity index is 2.37. The van der Waals surface area contributed by atoms with Crippen molar-refractivity contribution in [3.8, 4) is 0 Å². The number of aryl methyl sites for hydroxylation is 2. The Kier molecular flexibility index (Phi) is 3.82. The summed E-state index contributed by atoms with van der Waals surface area (Å²) in [4.78, 5) is 11.8. The Hall–Kier alpha value is -1.87. The number of nitrogens with zero attached hydrogens (tertiary/aromatic N) is 2. The van der Waals surface area contributed by atoms with Gasteiger partial charge in [0.25, 0.3) is 10.0 Å². The molecule has 0 saturated heterocycles. The van der Waals surface area contributed by atoms with Crippen LogP contribution in [0.15, 0.2) is 22.5 Å². The smallest absolute Gasteiger partial charge is 0.350 e. The number of carbonyl (C=O) groups is 1. The number of sulfonamides is 1. The SMILES string of the molecule is COC(=O)c1sccc1NS(=O)(=O)c1cn(C)nc1C. The van der Waals surface area contributed by atoms with Gasteiger partial charge in [0.05, 0.1) is 18.5 Å². The Bertz CT molecular complexity index is 746. The van der Waals surface area contributed by atoms with E-state index in [4.69, 9.17) is 0 Å². The summed E-state index contributed by atoms with van der Waals surface area (Å²) < 4.78 is 33.0. The fraction of sp³-hybridized carbons (Fsp3) is 0.273. The van der Waals surface area contributed by atoms with Crippen LogP contribution in [0.1, 0.15) is 15.4 Å². The second-order valence-corrected chi connectivity index (χ2v) is 6.58. The standard InChI is InChI=1S/C11H13N3O4S2/c1-7-9(6-14(2)12-7)20(16,17)13-8-4-5-19-10(8)11(15)18-3/h4-6,13H,1-3H3. The van der Waals surface area contributed by atoms with Crippen molar-refractivity contribution < 1.29 is 17.9 Å². The Morgan fingerprint density at radius 3 is 2.75 bits per heavy atom. The number of anilines is 1. The minimum absolute atomic E-state index is 0.0713. The predicted octanol–water partition coefficient (Wildman–Crippen LogP) is 1.38. The molecule has 0 aliphatic heterocycles. The normalized spacial score (nSPS) is 11.3. The van der Waals surface area contributed by atoms with Crippen LogP contribution < -0.4 is 4.72 Å². The number of esters is 1. The molecule has 0 spiro atoms. The van der Waals surface area contributed by atoms with Crippen LogP contribution in [-0.4, -0.2) is 31.3 Å². The summed E-state index contributed by atoms with van der Waals surface area (Å²) in [6.07, 6.45) is 1.40. The largest absolute Gasteiger partial charge is 0.465 e. The van der Waals surface area contributed by atoms with Crippen LogP contribution in [0.2, 0.25) is 0 Å². The Labute approximate surface area is 120 Å². The summed E-state index contributed by atoms with van der Waals surface area (Å²) in [6.45, 7) is 1.60. The highest BCUT2D eigenvalue weighted by molar-refractivity contribution is 7.92. The van der Waals surface area contributed by atoms with Gasteiger partial charge in [-0.15, -0.1) is 11.3 Å². The highest BCUT2D eigenvalue weighted by Gasteiger charge is 2.23. The molecule has 0 unspecified atom stereocenters. The highest BCUT2D eigenvalue weighted by Crippen LogP contribution is 2.26. The molecule has 20 heavy (non-hydrogen) atoms. The lowest BCUT2D eigenvalue weighted by molar-refractivity contribution is 0.0607. The van der Waals surface area contributed by atoms with E-state index >= 15 is 0 Å². The van der Waals surface area contributed by atoms with E-state index in [1.165, 1.54) is 24.1 Å². The van der Waals surface area contributed by atoms with Crippen molar-refractivity contribution in [3.63, 3.8) is 0 Å². The molecule has 2 rings (SSSR count). The van der Waals surface area contributed by atoms with E-state index in [2.05, 4.69) is 14.6 Å². The molecule has 0 bridgehead atoms. The summed E-state index contributed by atoms with van der Waals surface area (Å²) in [6, 6.07) is 1.51. The predicted molar refractivity (Wildman–Crippen MR) is 74.4 cm³/mol. The summed E-state index contributed by atoms with van der Waals surface area (Å²) in [5, 5.41) is 5.60. The Morgan fingerprint density at radius 2 is 2.20 bits per heavy atom. The maximum atomic E-state index is 12.3. The van der Waals surface area contributed by atoms with Crippen LogP contribution in [0.4, 0.5) is 5.69 Å². The first kappa shape index (κ1) is 14.5. The third-order valence-electron chi connectivity index (χ3n) is 2.54. The zero-order valence-corrected chi connectivity index (χ0v) is 12.7. The van der Waals surface area contributed by atoms with Crippen LogP contribution in [0.3, 0.4) is 0 Å². The molecule has 0 aliphatic rings. The van der Waals surface area contributed by atoms with Crippen LogP contribution >= 0.6 is 11.3 Å². The monoisotopic (exact) mass is 315 g/mol. The van der Waals surface area contributed by atoms with Crippen molar-refractivity contribution in [2.45, 2.75) is 11.8 Å². The van der Waals surface area contributed by atoms with Crippen molar-refractivity contribution in [2.24, 2.45) is 7.05 Å². The average Bonchev–Trinajstić information content (AvgIpc) is 2.94. The molecule has 0 saturated carbocycles. The van der Waals surface area contributed by atoms with Gasteiger partial charge in [-0.2, -0.15) is 5.10 Å². The van der Waals surface area contributed by atoms with E-state index < -0.39 is 16.0 Å². The van der Waals surface area contributed by atoms with Gasteiger partial charge in [0.15, 0.2) is 0 Å².